The maximum atomic E-state index is 14.3. The number of carbonyl (C=O) groups is 3. The number of amides is 2. The number of carboxylic acid groups (broad SMARTS) is 1. The number of hydrogen-bond donors (Lipinski definition) is 2. The van der Waals surface area contributed by atoms with Gasteiger partial charge in [0.05, 0.1) is 25.3 Å². The highest BCUT2D eigenvalue weighted by Crippen LogP contribution is 2.53. The van der Waals surface area contributed by atoms with Crippen molar-refractivity contribution in [3.63, 3.8) is 0 Å². The first-order chi connectivity index (χ1) is 17.5. The first-order valence-electron chi connectivity index (χ1n) is 11.7. The summed E-state index contributed by atoms with van der Waals surface area (Å²) < 4.78 is 5.59. The summed E-state index contributed by atoms with van der Waals surface area (Å²) in [6, 6.07) is 4.25. The normalized spacial score (nSPS) is 21.6. The fraction of sp³-hybridized carbons (Fsp3) is 0.385. The Hall–Kier alpha value is -3.86. The van der Waals surface area contributed by atoms with Crippen LogP contribution in [0.4, 0.5) is 0 Å². The van der Waals surface area contributed by atoms with Crippen molar-refractivity contribution in [3.05, 3.63) is 70.2 Å². The van der Waals surface area contributed by atoms with Gasteiger partial charge in [-0.3, -0.25) is 19.6 Å². The van der Waals surface area contributed by atoms with Crippen molar-refractivity contribution in [3.8, 4) is 5.75 Å². The quantitative estimate of drug-likeness (QED) is 0.479. The monoisotopic (exact) mass is 523 g/mol. The molecule has 2 amide bonds. The highest BCUT2D eigenvalue weighted by molar-refractivity contribution is 7.09. The molecule has 3 N–H and O–H groups in total. The van der Waals surface area contributed by atoms with Crippen LogP contribution in [0.25, 0.3) is 0 Å². The van der Waals surface area contributed by atoms with E-state index in [1.807, 2.05) is 20.8 Å². The van der Waals surface area contributed by atoms with Crippen LogP contribution >= 0.6 is 11.3 Å². The first-order valence-corrected chi connectivity index (χ1v) is 12.6. The SMILES string of the molecule is COc1cc(C(=O)N2[C@@H](c3nccs3)[C@@H](c3cnccn3)C[C@]2(CC(N)=O)C(=O)O)ccc1C(C)(C)C. The summed E-state index contributed by atoms with van der Waals surface area (Å²) in [6.45, 7) is 6.08. The Morgan fingerprint density at radius 2 is 1.97 bits per heavy atom. The fourth-order valence-electron chi connectivity index (χ4n) is 5.07. The largest absolute Gasteiger partial charge is 0.496 e. The molecule has 0 radical (unpaired) electrons. The van der Waals surface area contributed by atoms with E-state index in [0.717, 1.165) is 5.56 Å². The molecule has 1 aromatic carbocycles. The minimum atomic E-state index is -1.92. The van der Waals surface area contributed by atoms with E-state index in [1.165, 1.54) is 41.9 Å². The summed E-state index contributed by atoms with van der Waals surface area (Å²) in [7, 11) is 1.52. The number of aliphatic carboxylic acids is 1. The lowest BCUT2D eigenvalue weighted by atomic mass is 9.85. The van der Waals surface area contributed by atoms with Crippen molar-refractivity contribution >= 4 is 29.1 Å². The van der Waals surface area contributed by atoms with Gasteiger partial charge in [-0.2, -0.15) is 0 Å². The van der Waals surface area contributed by atoms with Gasteiger partial charge in [-0.25, -0.2) is 9.78 Å². The van der Waals surface area contributed by atoms with E-state index < -0.39 is 41.7 Å². The molecule has 0 bridgehead atoms. The molecule has 10 nitrogen and oxygen atoms in total. The maximum Gasteiger partial charge on any atom is 0.330 e. The number of primary amides is 1. The van der Waals surface area contributed by atoms with Crippen LogP contribution in [0.2, 0.25) is 0 Å². The van der Waals surface area contributed by atoms with Crippen LogP contribution in [-0.2, 0) is 15.0 Å². The molecule has 0 aliphatic carbocycles. The molecule has 2 aromatic heterocycles. The van der Waals surface area contributed by atoms with Crippen molar-refractivity contribution in [1.29, 1.82) is 0 Å². The molecule has 3 atom stereocenters. The van der Waals surface area contributed by atoms with E-state index in [-0.39, 0.29) is 17.4 Å². The average Bonchev–Trinajstić information content (AvgIpc) is 3.49. The van der Waals surface area contributed by atoms with Crippen molar-refractivity contribution < 1.29 is 24.2 Å². The van der Waals surface area contributed by atoms with Gasteiger partial charge >= 0.3 is 5.97 Å². The third kappa shape index (κ3) is 4.78. The summed E-state index contributed by atoms with van der Waals surface area (Å²) in [5, 5.41) is 12.8. The van der Waals surface area contributed by atoms with Gasteiger partial charge in [0.25, 0.3) is 5.91 Å². The molecular formula is C26H29N5O5S. The number of nitrogens with zero attached hydrogens (tertiary/aromatic N) is 4. The molecular weight excluding hydrogens is 494 g/mol. The van der Waals surface area contributed by atoms with Gasteiger partial charge in [0.15, 0.2) is 5.54 Å². The number of ether oxygens (including phenoxy) is 1. The number of carboxylic acids is 1. The van der Waals surface area contributed by atoms with Crippen LogP contribution in [0, 0.1) is 0 Å². The fourth-order valence-corrected chi connectivity index (χ4v) is 5.86. The lowest BCUT2D eigenvalue weighted by Crippen LogP contribution is -2.55. The Morgan fingerprint density at radius 1 is 1.22 bits per heavy atom. The standard InChI is InChI=1S/C26H29N5O5S/c1-25(2,3)17-6-5-15(11-19(17)36-4)23(33)31-21(22-30-9-10-37-22)16(18-14-28-7-8-29-18)12-26(31,24(34)35)13-20(27)32/h5-11,14,16,21H,12-13H2,1-4H3,(H2,27,32)(H,34,35)/t16-,21-,26+/m1/s1. The summed E-state index contributed by atoms with van der Waals surface area (Å²) in [5.41, 5.74) is 5.00. The molecule has 194 valence electrons. The minimum absolute atomic E-state index is 0.0861. The highest BCUT2D eigenvalue weighted by Gasteiger charge is 2.61. The lowest BCUT2D eigenvalue weighted by molar-refractivity contribution is -0.151. The van der Waals surface area contributed by atoms with Gasteiger partial charge in [0.2, 0.25) is 5.91 Å². The van der Waals surface area contributed by atoms with Crippen LogP contribution in [0.15, 0.2) is 48.4 Å². The van der Waals surface area contributed by atoms with Gasteiger partial charge in [-0.15, -0.1) is 11.3 Å². The summed E-state index contributed by atoms with van der Waals surface area (Å²) >= 11 is 1.29. The number of aromatic nitrogens is 3. The lowest BCUT2D eigenvalue weighted by Gasteiger charge is -2.37. The second-order valence-corrected chi connectivity index (χ2v) is 11.0. The maximum absolute atomic E-state index is 14.3. The number of hydrogen-bond acceptors (Lipinski definition) is 8. The molecule has 4 rings (SSSR count). The summed E-state index contributed by atoms with van der Waals surface area (Å²) in [4.78, 5) is 53.6. The van der Waals surface area contributed by atoms with E-state index in [4.69, 9.17) is 10.5 Å². The summed E-state index contributed by atoms with van der Waals surface area (Å²) in [5.74, 6) is -2.82. The highest BCUT2D eigenvalue weighted by atomic mass is 32.1. The first kappa shape index (κ1) is 26.2. The van der Waals surface area contributed by atoms with Crippen LogP contribution in [-0.4, -0.2) is 55.4 Å². The molecule has 1 saturated heterocycles. The van der Waals surface area contributed by atoms with E-state index >= 15 is 0 Å². The van der Waals surface area contributed by atoms with E-state index in [0.29, 0.717) is 16.5 Å². The number of methoxy groups -OCH3 is 1. The average molecular weight is 524 g/mol. The molecule has 11 heteroatoms. The van der Waals surface area contributed by atoms with Crippen molar-refractivity contribution in [2.45, 2.75) is 56.5 Å². The van der Waals surface area contributed by atoms with Gasteiger partial charge in [-0.05, 0) is 29.5 Å². The molecule has 0 saturated carbocycles. The van der Waals surface area contributed by atoms with Gasteiger partial charge in [-0.1, -0.05) is 26.8 Å². The van der Waals surface area contributed by atoms with Gasteiger partial charge in [0, 0.05) is 41.6 Å². The van der Waals surface area contributed by atoms with Crippen LogP contribution in [0.3, 0.4) is 0 Å². The Bertz CT molecular complexity index is 1310. The number of carbonyl (C=O) groups excluding carboxylic acids is 2. The molecule has 3 aromatic rings. The molecule has 0 unspecified atom stereocenters. The Labute approximate surface area is 218 Å². The zero-order valence-electron chi connectivity index (χ0n) is 21.0. The number of nitrogens with two attached hydrogens (primary N) is 1. The van der Waals surface area contributed by atoms with Crippen molar-refractivity contribution in [1.82, 2.24) is 19.9 Å². The molecule has 37 heavy (non-hydrogen) atoms. The topological polar surface area (TPSA) is 149 Å². The number of benzene rings is 1. The second-order valence-electron chi connectivity index (χ2n) is 10.1. The minimum Gasteiger partial charge on any atom is -0.496 e. The van der Waals surface area contributed by atoms with Crippen LogP contribution in [0.5, 0.6) is 5.75 Å². The van der Waals surface area contributed by atoms with Crippen molar-refractivity contribution in [2.24, 2.45) is 5.73 Å². The van der Waals surface area contributed by atoms with E-state index in [2.05, 4.69) is 15.0 Å². The van der Waals surface area contributed by atoms with Crippen LogP contribution in [0.1, 0.15) is 72.2 Å². The Balaban J connectivity index is 1.93. The van der Waals surface area contributed by atoms with Gasteiger partial charge in [0.1, 0.15) is 10.8 Å². The number of rotatable bonds is 7. The third-order valence-electron chi connectivity index (χ3n) is 6.69. The molecule has 3 heterocycles. The van der Waals surface area contributed by atoms with E-state index in [9.17, 15) is 19.5 Å². The summed E-state index contributed by atoms with van der Waals surface area (Å²) in [6.07, 6.45) is 5.49. The van der Waals surface area contributed by atoms with Crippen molar-refractivity contribution in [2.75, 3.05) is 7.11 Å². The van der Waals surface area contributed by atoms with E-state index in [1.54, 1.807) is 29.8 Å². The number of likely N-dealkylation sites (tertiary alicyclic amines) is 1. The smallest absolute Gasteiger partial charge is 0.330 e. The second kappa shape index (κ2) is 9.89. The third-order valence-corrected chi connectivity index (χ3v) is 7.53. The van der Waals surface area contributed by atoms with Crippen LogP contribution < -0.4 is 10.5 Å². The predicted octanol–water partition coefficient (Wildman–Crippen LogP) is 3.31. The molecule has 1 aliphatic heterocycles. The zero-order valence-corrected chi connectivity index (χ0v) is 21.9. The predicted molar refractivity (Wildman–Crippen MR) is 136 cm³/mol. The van der Waals surface area contributed by atoms with Gasteiger partial charge < -0.3 is 20.5 Å². The number of thiazole rings is 1. The Morgan fingerprint density at radius 3 is 2.51 bits per heavy atom. The molecule has 1 fully saturated rings. The zero-order chi connectivity index (χ0) is 27.0. The Kier molecular flexibility index (Phi) is 7.00. The molecule has 1 aliphatic rings. The molecule has 0 spiro atoms.